The van der Waals surface area contributed by atoms with Crippen LogP contribution in [0.15, 0.2) is 158 Å². The van der Waals surface area contributed by atoms with Crippen LogP contribution in [-0.2, 0) is 0 Å². The van der Waals surface area contributed by atoms with Crippen molar-refractivity contribution in [2.24, 2.45) is 0 Å². The van der Waals surface area contributed by atoms with Crippen LogP contribution in [0.3, 0.4) is 0 Å². The van der Waals surface area contributed by atoms with Gasteiger partial charge >= 0.3 is 0 Å². The molecule has 6 aromatic rings. The van der Waals surface area contributed by atoms with Gasteiger partial charge in [-0.1, -0.05) is 157 Å². The summed E-state index contributed by atoms with van der Waals surface area (Å²) in [6, 6.07) is 54.4. The first-order valence-electron chi connectivity index (χ1n) is 13.2. The minimum absolute atomic E-state index is 0.554. The smallest absolute Gasteiger partial charge is 0.146 e. The van der Waals surface area contributed by atoms with E-state index in [0.29, 0.717) is 21.5 Å². The number of halogens is 2. The Morgan fingerprint density at radius 3 is 0.902 bits per heavy atom. The highest BCUT2D eigenvalue weighted by Gasteiger charge is 2.20. The van der Waals surface area contributed by atoms with E-state index in [1.165, 1.54) is 21.2 Å². The number of hydrogen-bond acceptors (Lipinski definition) is 1. The summed E-state index contributed by atoms with van der Waals surface area (Å²) in [5.41, 5.74) is 0. The van der Waals surface area contributed by atoms with Crippen molar-refractivity contribution >= 4 is 70.9 Å². The maximum Gasteiger partial charge on any atom is 0.146 e. The van der Waals surface area contributed by atoms with Gasteiger partial charge in [-0.05, 0) is 71.9 Å². The number of hydrogen-bond donors (Lipinski definition) is 0. The third-order valence-corrected chi connectivity index (χ3v) is 12.1. The van der Waals surface area contributed by atoms with Gasteiger partial charge in [0.15, 0.2) is 0 Å². The fourth-order valence-corrected chi connectivity index (χ4v) is 9.97. The minimum atomic E-state index is -0.760. The molecular formula is C36H26Cl2OP2. The molecule has 6 aromatic carbocycles. The Kier molecular flexibility index (Phi) is 8.81. The summed E-state index contributed by atoms with van der Waals surface area (Å²) < 4.78 is 6.28. The average molecular weight is 607 g/mol. The predicted molar refractivity (Wildman–Crippen MR) is 180 cm³/mol. The van der Waals surface area contributed by atoms with E-state index in [0.717, 1.165) is 10.6 Å². The van der Waals surface area contributed by atoms with E-state index < -0.39 is 15.8 Å². The molecule has 0 aromatic heterocycles. The summed E-state index contributed by atoms with van der Waals surface area (Å²) in [5.74, 6) is 1.16. The average Bonchev–Trinajstić information content (AvgIpc) is 3.02. The Morgan fingerprint density at radius 1 is 0.341 bits per heavy atom. The van der Waals surface area contributed by atoms with Crippen LogP contribution in [0.4, 0.5) is 0 Å². The SMILES string of the molecule is Clc1cc(P(c2ccccc2)c2ccccc2)ccc1Oc1ccc(P(c2ccccc2)c2ccccc2)cc1Cl. The third-order valence-electron chi connectivity index (χ3n) is 6.62. The molecule has 41 heavy (non-hydrogen) atoms. The molecule has 0 amide bonds. The van der Waals surface area contributed by atoms with E-state index in [2.05, 4.69) is 109 Å². The molecule has 0 saturated heterocycles. The molecule has 1 nitrogen and oxygen atoms in total. The Morgan fingerprint density at radius 2 is 0.634 bits per heavy atom. The summed E-state index contributed by atoms with van der Waals surface area (Å²) in [5, 5.41) is 8.50. The molecule has 0 fully saturated rings. The van der Waals surface area contributed by atoms with Gasteiger partial charge in [0.1, 0.15) is 11.5 Å². The van der Waals surface area contributed by atoms with E-state index in [1.807, 2.05) is 48.5 Å². The van der Waals surface area contributed by atoms with Crippen molar-refractivity contribution in [2.75, 3.05) is 0 Å². The van der Waals surface area contributed by atoms with Gasteiger partial charge in [0, 0.05) is 0 Å². The van der Waals surface area contributed by atoms with Gasteiger partial charge in [-0.3, -0.25) is 0 Å². The standard InChI is InChI=1S/C36H26Cl2OP2/c37-33-25-31(40(27-13-5-1-6-14-27)28-15-7-2-8-16-28)21-23-35(33)39-36-24-22-32(26-34(36)38)41(29-17-9-3-10-18-29)30-19-11-4-12-20-30/h1-26H. The zero-order valence-electron chi connectivity index (χ0n) is 22.1. The summed E-state index contributed by atoms with van der Waals surface area (Å²) >= 11 is 13.7. The van der Waals surface area contributed by atoms with Crippen molar-refractivity contribution in [3.8, 4) is 11.5 Å². The molecule has 0 saturated carbocycles. The zero-order chi connectivity index (χ0) is 28.0. The first-order chi connectivity index (χ1) is 20.2. The van der Waals surface area contributed by atoms with Crippen LogP contribution in [0.2, 0.25) is 10.0 Å². The van der Waals surface area contributed by atoms with E-state index in [-0.39, 0.29) is 0 Å². The quantitative estimate of drug-likeness (QED) is 0.158. The van der Waals surface area contributed by atoms with Crippen LogP contribution >= 0.6 is 39.0 Å². The molecular weight excluding hydrogens is 581 g/mol. The van der Waals surface area contributed by atoms with Crippen LogP contribution in [0.25, 0.3) is 0 Å². The van der Waals surface area contributed by atoms with E-state index >= 15 is 0 Å². The lowest BCUT2D eigenvalue weighted by molar-refractivity contribution is 0.483. The molecule has 200 valence electrons. The van der Waals surface area contributed by atoms with E-state index in [4.69, 9.17) is 27.9 Å². The molecule has 0 N–H and O–H groups in total. The number of rotatable bonds is 8. The van der Waals surface area contributed by atoms with Gasteiger partial charge in [-0.15, -0.1) is 0 Å². The second-order valence-electron chi connectivity index (χ2n) is 9.34. The predicted octanol–water partition coefficient (Wildman–Crippen LogP) is 8.30. The van der Waals surface area contributed by atoms with Crippen LogP contribution < -0.4 is 36.6 Å². The molecule has 0 aliphatic rings. The van der Waals surface area contributed by atoms with Gasteiger partial charge in [0.2, 0.25) is 0 Å². The van der Waals surface area contributed by atoms with Gasteiger partial charge in [0.25, 0.3) is 0 Å². The van der Waals surface area contributed by atoms with Crippen molar-refractivity contribution < 1.29 is 4.74 Å². The van der Waals surface area contributed by atoms with Crippen LogP contribution in [0, 0.1) is 0 Å². The first kappa shape index (κ1) is 27.7. The maximum absolute atomic E-state index is 6.84. The molecule has 6 rings (SSSR count). The van der Waals surface area contributed by atoms with Gasteiger partial charge in [0.05, 0.1) is 10.0 Å². The fraction of sp³-hybridized carbons (Fsp3) is 0. The van der Waals surface area contributed by atoms with Crippen molar-refractivity contribution in [3.05, 3.63) is 168 Å². The highest BCUT2D eigenvalue weighted by molar-refractivity contribution is 7.80. The van der Waals surface area contributed by atoms with Gasteiger partial charge in [-0.25, -0.2) is 0 Å². The van der Waals surface area contributed by atoms with Gasteiger partial charge in [-0.2, -0.15) is 0 Å². The number of benzene rings is 6. The largest absolute Gasteiger partial charge is 0.454 e. The van der Waals surface area contributed by atoms with Crippen LogP contribution in [-0.4, -0.2) is 0 Å². The lowest BCUT2D eigenvalue weighted by atomic mass is 10.3. The second-order valence-corrected chi connectivity index (χ2v) is 14.6. The summed E-state index contributed by atoms with van der Waals surface area (Å²) in [6.07, 6.45) is 0. The Bertz CT molecular complexity index is 1520. The normalized spacial score (nSPS) is 11.1. The zero-order valence-corrected chi connectivity index (χ0v) is 25.4. The Labute approximate surface area is 253 Å². The molecule has 5 heteroatoms. The van der Waals surface area contributed by atoms with Crippen molar-refractivity contribution in [1.82, 2.24) is 0 Å². The summed E-state index contributed by atoms with van der Waals surface area (Å²) in [4.78, 5) is 0. The lowest BCUT2D eigenvalue weighted by Gasteiger charge is -2.21. The minimum Gasteiger partial charge on any atom is -0.454 e. The van der Waals surface area contributed by atoms with Crippen LogP contribution in [0.1, 0.15) is 0 Å². The Hall–Kier alpha value is -3.44. The monoisotopic (exact) mass is 606 g/mol. The molecule has 0 spiro atoms. The lowest BCUT2D eigenvalue weighted by Crippen LogP contribution is -2.20. The highest BCUT2D eigenvalue weighted by atomic mass is 35.5. The maximum atomic E-state index is 6.84. The van der Waals surface area contributed by atoms with Crippen molar-refractivity contribution in [2.45, 2.75) is 0 Å². The number of ether oxygens (including phenoxy) is 1. The Balaban J connectivity index is 1.30. The topological polar surface area (TPSA) is 9.23 Å². The molecule has 0 heterocycles. The molecule has 0 radical (unpaired) electrons. The summed E-state index contributed by atoms with van der Waals surface area (Å²) in [7, 11) is -1.52. The molecule has 0 aliphatic carbocycles. The third kappa shape index (κ3) is 6.41. The molecule has 0 bridgehead atoms. The van der Waals surface area contributed by atoms with E-state index in [9.17, 15) is 0 Å². The van der Waals surface area contributed by atoms with E-state index in [1.54, 1.807) is 0 Å². The summed E-state index contributed by atoms with van der Waals surface area (Å²) in [6.45, 7) is 0. The molecule has 0 aliphatic heterocycles. The van der Waals surface area contributed by atoms with Crippen molar-refractivity contribution in [3.63, 3.8) is 0 Å². The fourth-order valence-electron chi connectivity index (χ4n) is 4.74. The van der Waals surface area contributed by atoms with Crippen molar-refractivity contribution in [1.29, 1.82) is 0 Å². The first-order valence-corrected chi connectivity index (χ1v) is 16.7. The highest BCUT2D eigenvalue weighted by Crippen LogP contribution is 2.39. The molecule has 0 unspecified atom stereocenters. The molecule has 0 atom stereocenters. The second kappa shape index (κ2) is 13.0. The van der Waals surface area contributed by atoms with Gasteiger partial charge < -0.3 is 4.74 Å². The van der Waals surface area contributed by atoms with Crippen LogP contribution in [0.5, 0.6) is 11.5 Å².